The average Bonchev–Trinajstić information content (AvgIpc) is 2.49. The van der Waals surface area contributed by atoms with Gasteiger partial charge in [0.2, 0.25) is 0 Å². The third-order valence-electron chi connectivity index (χ3n) is 2.90. The molecule has 1 N–H and O–H groups in total. The van der Waals surface area contributed by atoms with Crippen LogP contribution in [0.1, 0.15) is 26.3 Å². The second kappa shape index (κ2) is 10.4. The first-order valence-electron chi connectivity index (χ1n) is 7.49. The van der Waals surface area contributed by atoms with Crippen LogP contribution in [0.4, 0.5) is 0 Å². The smallest absolute Gasteiger partial charge is 0.169 e. The van der Waals surface area contributed by atoms with Gasteiger partial charge in [-0.25, -0.2) is 0 Å². The summed E-state index contributed by atoms with van der Waals surface area (Å²) in [4.78, 5) is 0. The van der Waals surface area contributed by atoms with Crippen molar-refractivity contribution in [3.63, 3.8) is 0 Å². The minimum Gasteiger partial charge on any atom is -0.493 e. The van der Waals surface area contributed by atoms with Gasteiger partial charge in [0, 0.05) is 31.9 Å². The van der Waals surface area contributed by atoms with Gasteiger partial charge in [-0.15, -0.1) is 0 Å². The van der Waals surface area contributed by atoms with E-state index in [1.807, 2.05) is 39.0 Å². The maximum Gasteiger partial charge on any atom is 0.169 e. The molecule has 0 radical (unpaired) electrons. The molecule has 0 bridgehead atoms. The Balaban J connectivity index is 2.61. The fourth-order valence-corrected chi connectivity index (χ4v) is 2.03. The van der Waals surface area contributed by atoms with Crippen LogP contribution in [0.25, 0.3) is 0 Å². The summed E-state index contributed by atoms with van der Waals surface area (Å²) < 4.78 is 22.0. The van der Waals surface area contributed by atoms with Crippen LogP contribution in [0.5, 0.6) is 11.5 Å². The van der Waals surface area contributed by atoms with Gasteiger partial charge >= 0.3 is 0 Å². The lowest BCUT2D eigenvalue weighted by Crippen LogP contribution is -2.31. The number of nitrogens with one attached hydrogen (secondary N) is 1. The number of rotatable bonds is 11. The molecule has 0 aliphatic heterocycles. The third kappa shape index (κ3) is 5.91. The largest absolute Gasteiger partial charge is 0.493 e. The number of methoxy groups -OCH3 is 1. The summed E-state index contributed by atoms with van der Waals surface area (Å²) in [6.45, 7) is 9.05. The molecule has 0 heterocycles. The average molecular weight is 297 g/mol. The van der Waals surface area contributed by atoms with E-state index >= 15 is 0 Å². The lowest BCUT2D eigenvalue weighted by atomic mass is 10.2. The molecule has 0 aromatic heterocycles. The van der Waals surface area contributed by atoms with Crippen molar-refractivity contribution in [2.45, 2.75) is 33.6 Å². The Hall–Kier alpha value is -1.30. The molecule has 5 nitrogen and oxygen atoms in total. The zero-order chi connectivity index (χ0) is 15.5. The summed E-state index contributed by atoms with van der Waals surface area (Å²) >= 11 is 0. The lowest BCUT2D eigenvalue weighted by molar-refractivity contribution is -0.133. The summed E-state index contributed by atoms with van der Waals surface area (Å²) in [6.07, 6.45) is -0.221. The number of ether oxygens (including phenoxy) is 4. The predicted molar refractivity (Wildman–Crippen MR) is 82.9 cm³/mol. The first kappa shape index (κ1) is 17.8. The molecule has 21 heavy (non-hydrogen) atoms. The van der Waals surface area contributed by atoms with E-state index in [-0.39, 0.29) is 6.29 Å². The van der Waals surface area contributed by atoms with Gasteiger partial charge in [0.1, 0.15) is 0 Å². The molecule has 0 atom stereocenters. The van der Waals surface area contributed by atoms with E-state index in [9.17, 15) is 0 Å². The highest BCUT2D eigenvalue weighted by Crippen LogP contribution is 2.30. The van der Waals surface area contributed by atoms with Gasteiger partial charge in [0.25, 0.3) is 0 Å². The van der Waals surface area contributed by atoms with E-state index in [2.05, 4.69) is 5.32 Å². The van der Waals surface area contributed by atoms with Crippen LogP contribution in [0.2, 0.25) is 0 Å². The lowest BCUT2D eigenvalue weighted by Gasteiger charge is -2.18. The second-order valence-corrected chi connectivity index (χ2v) is 4.35. The van der Waals surface area contributed by atoms with Crippen molar-refractivity contribution in [2.24, 2.45) is 0 Å². The fraction of sp³-hybridized carbons (Fsp3) is 0.625. The topological polar surface area (TPSA) is 49.0 Å². The summed E-state index contributed by atoms with van der Waals surface area (Å²) in [5, 5.41) is 3.34. The summed E-state index contributed by atoms with van der Waals surface area (Å²) in [5.74, 6) is 1.54. The van der Waals surface area contributed by atoms with Gasteiger partial charge in [0.15, 0.2) is 17.8 Å². The molecule has 5 heteroatoms. The van der Waals surface area contributed by atoms with Crippen molar-refractivity contribution >= 4 is 0 Å². The summed E-state index contributed by atoms with van der Waals surface area (Å²) in [5.41, 5.74) is 1.06. The van der Waals surface area contributed by atoms with Crippen LogP contribution < -0.4 is 14.8 Å². The molecule has 1 aromatic rings. The first-order chi connectivity index (χ1) is 10.3. The SMILES string of the molecule is CCOc1c(CNCC(OCC)OCC)cccc1OC. The van der Waals surface area contributed by atoms with Crippen molar-refractivity contribution in [1.29, 1.82) is 0 Å². The standard InChI is InChI=1S/C16H27NO4/c1-5-19-15(20-6-2)12-17-11-13-9-8-10-14(18-4)16(13)21-7-3/h8-10,15,17H,5-7,11-12H2,1-4H3. The maximum absolute atomic E-state index is 5.68. The quantitative estimate of drug-likeness (QED) is 0.636. The van der Waals surface area contributed by atoms with Crippen molar-refractivity contribution < 1.29 is 18.9 Å². The zero-order valence-electron chi connectivity index (χ0n) is 13.5. The molecule has 0 fully saturated rings. The third-order valence-corrected chi connectivity index (χ3v) is 2.90. The minimum atomic E-state index is -0.221. The Kier molecular flexibility index (Phi) is 8.82. The predicted octanol–water partition coefficient (Wildman–Crippen LogP) is 2.58. The molecular weight excluding hydrogens is 270 g/mol. The first-order valence-corrected chi connectivity index (χ1v) is 7.49. The van der Waals surface area contributed by atoms with Crippen LogP contribution in [0.3, 0.4) is 0 Å². The highest BCUT2D eigenvalue weighted by molar-refractivity contribution is 5.46. The Morgan fingerprint density at radius 2 is 1.76 bits per heavy atom. The zero-order valence-corrected chi connectivity index (χ0v) is 13.5. The van der Waals surface area contributed by atoms with Gasteiger partial charge in [-0.05, 0) is 26.8 Å². The van der Waals surface area contributed by atoms with Crippen LogP contribution in [0, 0.1) is 0 Å². The second-order valence-electron chi connectivity index (χ2n) is 4.35. The van der Waals surface area contributed by atoms with E-state index in [0.717, 1.165) is 17.1 Å². The number of para-hydroxylation sites is 1. The molecule has 0 aliphatic carbocycles. The van der Waals surface area contributed by atoms with Crippen LogP contribution in [-0.2, 0) is 16.0 Å². The Labute approximate surface area is 127 Å². The van der Waals surface area contributed by atoms with Crippen LogP contribution >= 0.6 is 0 Å². The Morgan fingerprint density at radius 3 is 2.33 bits per heavy atom. The molecular formula is C16H27NO4. The number of benzene rings is 1. The number of hydrogen-bond donors (Lipinski definition) is 1. The van der Waals surface area contributed by atoms with Crippen molar-refractivity contribution in [3.05, 3.63) is 23.8 Å². The van der Waals surface area contributed by atoms with Gasteiger partial charge in [-0.2, -0.15) is 0 Å². The molecule has 120 valence electrons. The molecule has 0 amide bonds. The minimum absolute atomic E-state index is 0.221. The van der Waals surface area contributed by atoms with E-state index in [4.69, 9.17) is 18.9 Å². The monoisotopic (exact) mass is 297 g/mol. The van der Waals surface area contributed by atoms with Gasteiger partial charge in [0.05, 0.1) is 13.7 Å². The van der Waals surface area contributed by atoms with Gasteiger partial charge < -0.3 is 24.3 Å². The van der Waals surface area contributed by atoms with E-state index in [1.165, 1.54) is 0 Å². The molecule has 0 unspecified atom stereocenters. The highest BCUT2D eigenvalue weighted by atomic mass is 16.7. The normalized spacial score (nSPS) is 10.9. The molecule has 1 aromatic carbocycles. The molecule has 1 rings (SSSR count). The van der Waals surface area contributed by atoms with Crippen molar-refractivity contribution in [1.82, 2.24) is 5.32 Å². The van der Waals surface area contributed by atoms with Crippen molar-refractivity contribution in [3.8, 4) is 11.5 Å². The van der Waals surface area contributed by atoms with E-state index in [1.54, 1.807) is 7.11 Å². The molecule has 0 saturated heterocycles. The molecule has 0 aliphatic rings. The van der Waals surface area contributed by atoms with E-state index < -0.39 is 0 Å². The van der Waals surface area contributed by atoms with Gasteiger partial charge in [-0.1, -0.05) is 12.1 Å². The van der Waals surface area contributed by atoms with Crippen LogP contribution in [-0.4, -0.2) is 39.8 Å². The molecule has 0 spiro atoms. The summed E-state index contributed by atoms with van der Waals surface area (Å²) in [6, 6.07) is 5.88. The Morgan fingerprint density at radius 1 is 1.05 bits per heavy atom. The van der Waals surface area contributed by atoms with Crippen molar-refractivity contribution in [2.75, 3.05) is 33.5 Å². The van der Waals surface area contributed by atoms with Crippen LogP contribution in [0.15, 0.2) is 18.2 Å². The maximum atomic E-state index is 5.68. The Bertz CT molecular complexity index is 392. The van der Waals surface area contributed by atoms with Gasteiger partial charge in [-0.3, -0.25) is 0 Å². The fourth-order valence-electron chi connectivity index (χ4n) is 2.03. The summed E-state index contributed by atoms with van der Waals surface area (Å²) in [7, 11) is 1.65. The molecule has 0 saturated carbocycles. The highest BCUT2D eigenvalue weighted by Gasteiger charge is 2.11. The number of hydrogen-bond acceptors (Lipinski definition) is 5. The van der Waals surface area contributed by atoms with E-state index in [0.29, 0.717) is 32.9 Å².